The van der Waals surface area contributed by atoms with E-state index in [1.807, 2.05) is 30.5 Å². The van der Waals surface area contributed by atoms with Crippen LogP contribution in [0.15, 0.2) is 23.6 Å². The van der Waals surface area contributed by atoms with Crippen LogP contribution in [-0.4, -0.2) is 11.6 Å². The molecule has 0 amide bonds. The Morgan fingerprint density at radius 2 is 2.17 bits per heavy atom. The van der Waals surface area contributed by atoms with Crippen molar-refractivity contribution < 1.29 is 4.74 Å². The van der Waals surface area contributed by atoms with E-state index in [2.05, 4.69) is 18.8 Å². The van der Waals surface area contributed by atoms with Gasteiger partial charge in [-0.25, -0.2) is 4.98 Å². The molecule has 18 heavy (non-hydrogen) atoms. The first kappa shape index (κ1) is 12.9. The molecule has 0 atom stereocenters. The summed E-state index contributed by atoms with van der Waals surface area (Å²) in [6.45, 7) is 6.90. The van der Waals surface area contributed by atoms with E-state index in [-0.39, 0.29) is 0 Å². The summed E-state index contributed by atoms with van der Waals surface area (Å²) >= 11 is 1.64. The molecule has 0 saturated carbocycles. The molecule has 0 unspecified atom stereocenters. The highest BCUT2D eigenvalue weighted by Crippen LogP contribution is 2.29. The number of nitrogen functional groups attached to an aromatic ring is 1. The lowest BCUT2D eigenvalue weighted by Gasteiger charge is -2.11. The average Bonchev–Trinajstić information content (AvgIpc) is 2.74. The molecule has 0 aliphatic rings. The Balaban J connectivity index is 2.19. The van der Waals surface area contributed by atoms with Crippen LogP contribution in [-0.2, 0) is 0 Å². The van der Waals surface area contributed by atoms with Gasteiger partial charge in [-0.15, -0.1) is 11.3 Å². The van der Waals surface area contributed by atoms with Crippen molar-refractivity contribution in [2.75, 3.05) is 12.3 Å². The number of anilines is 1. The highest BCUT2D eigenvalue weighted by Gasteiger charge is 2.07. The Morgan fingerprint density at radius 1 is 1.39 bits per heavy atom. The monoisotopic (exact) mass is 262 g/mol. The Morgan fingerprint density at radius 3 is 2.72 bits per heavy atom. The van der Waals surface area contributed by atoms with Gasteiger partial charge in [-0.1, -0.05) is 13.8 Å². The molecular weight excluding hydrogens is 244 g/mol. The molecule has 2 rings (SSSR count). The van der Waals surface area contributed by atoms with E-state index in [0.717, 1.165) is 22.0 Å². The fourth-order valence-corrected chi connectivity index (χ4v) is 2.21. The third-order valence-corrected chi connectivity index (χ3v) is 3.27. The molecule has 1 aromatic carbocycles. The number of thiazole rings is 1. The van der Waals surface area contributed by atoms with Crippen LogP contribution in [0.4, 0.5) is 5.69 Å². The molecule has 0 aliphatic carbocycles. The Kier molecular flexibility index (Phi) is 3.87. The molecule has 1 heterocycles. The first-order chi connectivity index (χ1) is 8.56. The first-order valence-electron chi connectivity index (χ1n) is 6.01. The molecule has 0 aliphatic heterocycles. The molecule has 4 heteroatoms. The second-order valence-electron chi connectivity index (χ2n) is 4.71. The van der Waals surface area contributed by atoms with Gasteiger partial charge in [0.15, 0.2) is 0 Å². The van der Waals surface area contributed by atoms with Crippen molar-refractivity contribution >= 4 is 17.0 Å². The molecular formula is C14H18N2OS. The van der Waals surface area contributed by atoms with Crippen LogP contribution in [0.25, 0.3) is 11.3 Å². The minimum absolute atomic E-state index is 0.491. The SMILES string of the molecule is Cc1nc(-c2ccc(OCC(C)C)c(N)c2)cs1. The predicted octanol–water partition coefficient (Wildman–Crippen LogP) is 3.74. The number of ether oxygens (including phenoxy) is 1. The second kappa shape index (κ2) is 5.40. The van der Waals surface area contributed by atoms with E-state index >= 15 is 0 Å². The summed E-state index contributed by atoms with van der Waals surface area (Å²) in [5, 5.41) is 3.10. The first-order valence-corrected chi connectivity index (χ1v) is 6.89. The summed E-state index contributed by atoms with van der Waals surface area (Å²) in [6.07, 6.45) is 0. The number of benzene rings is 1. The zero-order chi connectivity index (χ0) is 13.1. The van der Waals surface area contributed by atoms with Crippen molar-refractivity contribution in [1.29, 1.82) is 0 Å². The van der Waals surface area contributed by atoms with Gasteiger partial charge in [0.05, 0.1) is 23.0 Å². The minimum atomic E-state index is 0.491. The van der Waals surface area contributed by atoms with Crippen molar-refractivity contribution in [2.45, 2.75) is 20.8 Å². The van der Waals surface area contributed by atoms with Crippen molar-refractivity contribution in [1.82, 2.24) is 4.98 Å². The third-order valence-electron chi connectivity index (χ3n) is 2.50. The fraction of sp³-hybridized carbons (Fsp3) is 0.357. The van der Waals surface area contributed by atoms with Crippen LogP contribution in [0.3, 0.4) is 0 Å². The maximum atomic E-state index is 6.00. The number of rotatable bonds is 4. The summed E-state index contributed by atoms with van der Waals surface area (Å²) in [7, 11) is 0. The van der Waals surface area contributed by atoms with Crippen molar-refractivity contribution in [3.05, 3.63) is 28.6 Å². The van der Waals surface area contributed by atoms with Crippen LogP contribution in [0.5, 0.6) is 5.75 Å². The fourth-order valence-electron chi connectivity index (χ4n) is 1.59. The molecule has 0 spiro atoms. The maximum Gasteiger partial charge on any atom is 0.142 e. The average molecular weight is 262 g/mol. The minimum Gasteiger partial charge on any atom is -0.491 e. The number of hydrogen-bond donors (Lipinski definition) is 1. The Bertz CT molecular complexity index is 534. The summed E-state index contributed by atoms with van der Waals surface area (Å²) in [5.41, 5.74) is 8.68. The summed E-state index contributed by atoms with van der Waals surface area (Å²) in [4.78, 5) is 4.45. The van der Waals surface area contributed by atoms with Gasteiger partial charge in [-0.05, 0) is 31.0 Å². The number of hydrogen-bond acceptors (Lipinski definition) is 4. The lowest BCUT2D eigenvalue weighted by atomic mass is 10.1. The topological polar surface area (TPSA) is 48.1 Å². The predicted molar refractivity (Wildman–Crippen MR) is 77.0 cm³/mol. The maximum absolute atomic E-state index is 6.00. The van der Waals surface area contributed by atoms with Crippen molar-refractivity contribution in [3.8, 4) is 17.0 Å². The zero-order valence-electron chi connectivity index (χ0n) is 10.9. The largest absolute Gasteiger partial charge is 0.491 e. The summed E-state index contributed by atoms with van der Waals surface area (Å²) < 4.78 is 5.65. The van der Waals surface area contributed by atoms with E-state index in [1.54, 1.807) is 11.3 Å². The van der Waals surface area contributed by atoms with Gasteiger partial charge in [0, 0.05) is 10.9 Å². The molecule has 3 nitrogen and oxygen atoms in total. The van der Waals surface area contributed by atoms with Crippen LogP contribution in [0, 0.1) is 12.8 Å². The van der Waals surface area contributed by atoms with E-state index < -0.39 is 0 Å². The molecule has 0 saturated heterocycles. The van der Waals surface area contributed by atoms with Gasteiger partial charge >= 0.3 is 0 Å². The second-order valence-corrected chi connectivity index (χ2v) is 5.77. The quantitative estimate of drug-likeness (QED) is 0.854. The van der Waals surface area contributed by atoms with E-state index in [9.17, 15) is 0 Å². The third kappa shape index (κ3) is 3.01. The molecule has 0 bridgehead atoms. The van der Waals surface area contributed by atoms with Gasteiger partial charge in [0.25, 0.3) is 0 Å². The number of aromatic nitrogens is 1. The molecule has 2 aromatic rings. The number of aryl methyl sites for hydroxylation is 1. The smallest absolute Gasteiger partial charge is 0.142 e. The van der Waals surface area contributed by atoms with Gasteiger partial charge in [0.1, 0.15) is 5.75 Å². The van der Waals surface area contributed by atoms with Gasteiger partial charge in [-0.2, -0.15) is 0 Å². The Hall–Kier alpha value is -1.55. The summed E-state index contributed by atoms with van der Waals surface area (Å²) in [5.74, 6) is 1.24. The lowest BCUT2D eigenvalue weighted by Crippen LogP contribution is -2.06. The van der Waals surface area contributed by atoms with Crippen molar-refractivity contribution in [3.63, 3.8) is 0 Å². The van der Waals surface area contributed by atoms with Gasteiger partial charge < -0.3 is 10.5 Å². The molecule has 96 valence electrons. The standard InChI is InChI=1S/C14H18N2OS/c1-9(2)7-17-14-5-4-11(6-12(14)15)13-8-18-10(3)16-13/h4-6,8-9H,7,15H2,1-3H3. The number of nitrogens with zero attached hydrogens (tertiary/aromatic N) is 1. The lowest BCUT2D eigenvalue weighted by molar-refractivity contribution is 0.272. The van der Waals surface area contributed by atoms with Crippen LogP contribution < -0.4 is 10.5 Å². The number of nitrogens with two attached hydrogens (primary N) is 1. The highest BCUT2D eigenvalue weighted by atomic mass is 32.1. The van der Waals surface area contributed by atoms with E-state index in [4.69, 9.17) is 10.5 Å². The van der Waals surface area contributed by atoms with Crippen LogP contribution in [0.1, 0.15) is 18.9 Å². The summed E-state index contributed by atoms with van der Waals surface area (Å²) in [6, 6.07) is 5.84. The van der Waals surface area contributed by atoms with Crippen LogP contribution >= 0.6 is 11.3 Å². The Labute approximate surface area is 112 Å². The molecule has 0 radical (unpaired) electrons. The van der Waals surface area contributed by atoms with Gasteiger partial charge in [-0.3, -0.25) is 0 Å². The molecule has 2 N–H and O–H groups in total. The van der Waals surface area contributed by atoms with Gasteiger partial charge in [0.2, 0.25) is 0 Å². The van der Waals surface area contributed by atoms with Crippen LogP contribution in [0.2, 0.25) is 0 Å². The normalized spacial score (nSPS) is 10.9. The van der Waals surface area contributed by atoms with Crippen molar-refractivity contribution in [2.24, 2.45) is 5.92 Å². The van der Waals surface area contributed by atoms with E-state index in [0.29, 0.717) is 18.2 Å². The zero-order valence-corrected chi connectivity index (χ0v) is 11.8. The molecule has 0 fully saturated rings. The van der Waals surface area contributed by atoms with E-state index in [1.165, 1.54) is 0 Å². The molecule has 1 aromatic heterocycles. The highest BCUT2D eigenvalue weighted by molar-refractivity contribution is 7.09.